The number of nitrogens with one attached hydrogen (secondary N) is 1. The Kier molecular flexibility index (Phi) is 5.13. The quantitative estimate of drug-likeness (QED) is 0.522. The molecule has 0 aliphatic heterocycles. The number of nitrogens with zero attached hydrogens (tertiary/aromatic N) is 4. The van der Waals surface area contributed by atoms with E-state index in [1.807, 2.05) is 24.7 Å². The Labute approximate surface area is 175 Å². The third-order valence-corrected chi connectivity index (χ3v) is 5.76. The van der Waals surface area contributed by atoms with Gasteiger partial charge in [0.05, 0.1) is 5.69 Å². The molecule has 6 nitrogen and oxygen atoms in total. The molecule has 0 aromatic carbocycles. The summed E-state index contributed by atoms with van der Waals surface area (Å²) in [5, 5.41) is 1.14. The lowest BCUT2D eigenvalue weighted by atomic mass is 10.0. The maximum Gasteiger partial charge on any atom is 0.217 e. The van der Waals surface area contributed by atoms with Crippen molar-refractivity contribution in [3.63, 3.8) is 0 Å². The van der Waals surface area contributed by atoms with E-state index < -0.39 is 0 Å². The van der Waals surface area contributed by atoms with Crippen LogP contribution in [-0.4, -0.2) is 31.0 Å². The van der Waals surface area contributed by atoms with Gasteiger partial charge < -0.3 is 9.72 Å². The van der Waals surface area contributed by atoms with E-state index >= 15 is 0 Å². The van der Waals surface area contributed by atoms with Gasteiger partial charge in [0.25, 0.3) is 0 Å². The summed E-state index contributed by atoms with van der Waals surface area (Å²) in [6.07, 6.45) is 16.6. The van der Waals surface area contributed by atoms with Crippen molar-refractivity contribution in [2.75, 3.05) is 0 Å². The molecule has 0 atom stereocenters. The molecule has 5 rings (SSSR count). The van der Waals surface area contributed by atoms with E-state index in [1.54, 1.807) is 6.20 Å². The van der Waals surface area contributed by atoms with Crippen molar-refractivity contribution in [1.82, 2.24) is 24.9 Å². The maximum atomic E-state index is 6.22. The van der Waals surface area contributed by atoms with Gasteiger partial charge in [-0.25, -0.2) is 19.9 Å². The molecule has 6 heteroatoms. The van der Waals surface area contributed by atoms with Crippen molar-refractivity contribution in [2.45, 2.75) is 51.6 Å². The maximum absolute atomic E-state index is 6.22. The first-order valence-corrected chi connectivity index (χ1v) is 10.5. The molecule has 0 spiro atoms. The van der Waals surface area contributed by atoms with Gasteiger partial charge in [0.2, 0.25) is 5.88 Å². The third-order valence-electron chi connectivity index (χ3n) is 5.76. The van der Waals surface area contributed by atoms with Crippen LogP contribution >= 0.6 is 0 Å². The van der Waals surface area contributed by atoms with E-state index in [4.69, 9.17) is 4.74 Å². The molecular formula is C24H24N5O. The molecule has 1 aliphatic rings. The molecule has 1 aliphatic carbocycles. The highest BCUT2D eigenvalue weighted by molar-refractivity contribution is 5.80. The van der Waals surface area contributed by atoms with E-state index in [2.05, 4.69) is 50.3 Å². The first kappa shape index (κ1) is 18.7. The Morgan fingerprint density at radius 1 is 1.10 bits per heavy atom. The molecule has 0 amide bonds. The molecule has 1 radical (unpaired) electrons. The number of aromatic amines is 1. The minimum atomic E-state index is 0.275. The Morgan fingerprint density at radius 2 is 2.00 bits per heavy atom. The second kappa shape index (κ2) is 8.22. The minimum absolute atomic E-state index is 0.275. The van der Waals surface area contributed by atoms with Crippen LogP contribution in [0.1, 0.15) is 53.6 Å². The highest BCUT2D eigenvalue weighted by atomic mass is 16.5. The fourth-order valence-corrected chi connectivity index (χ4v) is 4.17. The van der Waals surface area contributed by atoms with Crippen molar-refractivity contribution in [1.29, 1.82) is 0 Å². The lowest BCUT2D eigenvalue weighted by Gasteiger charge is -2.15. The highest BCUT2D eigenvalue weighted by Gasteiger charge is 2.19. The van der Waals surface area contributed by atoms with Crippen LogP contribution in [0.4, 0.5) is 0 Å². The van der Waals surface area contributed by atoms with Gasteiger partial charge in [-0.1, -0.05) is 6.07 Å². The van der Waals surface area contributed by atoms with Crippen molar-refractivity contribution in [3.8, 4) is 5.88 Å². The topological polar surface area (TPSA) is 76.6 Å². The van der Waals surface area contributed by atoms with Crippen LogP contribution in [0.3, 0.4) is 0 Å². The molecule has 0 saturated heterocycles. The fourth-order valence-electron chi connectivity index (χ4n) is 4.17. The molecule has 4 aromatic heterocycles. The number of aromatic nitrogens is 5. The number of rotatable bonds is 6. The Morgan fingerprint density at radius 3 is 2.90 bits per heavy atom. The zero-order valence-corrected chi connectivity index (χ0v) is 17.1. The van der Waals surface area contributed by atoms with Crippen LogP contribution in [0.15, 0.2) is 43.0 Å². The van der Waals surface area contributed by atoms with Gasteiger partial charge in [0.1, 0.15) is 11.8 Å². The Hall–Kier alpha value is -3.28. The third kappa shape index (κ3) is 3.90. The van der Waals surface area contributed by atoms with Crippen molar-refractivity contribution in [2.24, 2.45) is 0 Å². The Balaban J connectivity index is 1.42. The summed E-state index contributed by atoms with van der Waals surface area (Å²) in [7, 11) is 0. The second-order valence-electron chi connectivity index (χ2n) is 8.01. The van der Waals surface area contributed by atoms with Crippen LogP contribution in [0.2, 0.25) is 0 Å². The summed E-state index contributed by atoms with van der Waals surface area (Å²) in [5.74, 6) is 0.723. The molecule has 0 unspecified atom stereocenters. The van der Waals surface area contributed by atoms with E-state index in [-0.39, 0.29) is 6.10 Å². The number of hydrogen-bond acceptors (Lipinski definition) is 5. The lowest BCUT2D eigenvalue weighted by Crippen LogP contribution is -2.13. The van der Waals surface area contributed by atoms with Crippen LogP contribution in [-0.2, 0) is 12.8 Å². The summed E-state index contributed by atoms with van der Waals surface area (Å²) in [6.45, 7) is 2.06. The molecule has 4 heterocycles. The molecule has 1 N–H and O–H groups in total. The predicted molar refractivity (Wildman–Crippen MR) is 114 cm³/mol. The summed E-state index contributed by atoms with van der Waals surface area (Å²) in [6, 6.07) is 6.19. The number of pyridine rings is 2. The standard InChI is InChI=1S/C24H24N5O/c1-16-9-21-18(14-28-23(21)27-12-16)10-19-13-25-15-29-22(19)11-17-5-4-8-26-24(17)30-20-6-2-3-7-20/h4-5,8-9,12-14,20H,2-3,6-7,10-11H2,1H3,(H,27,28). The smallest absolute Gasteiger partial charge is 0.217 e. The van der Waals surface area contributed by atoms with Crippen LogP contribution in [0, 0.1) is 13.3 Å². The van der Waals surface area contributed by atoms with Crippen molar-refractivity contribution in [3.05, 3.63) is 77.3 Å². The van der Waals surface area contributed by atoms with Crippen molar-refractivity contribution >= 4 is 11.0 Å². The SMILES string of the molecule is Cc1cnc2[nH]cc(Cc3cn[c]nc3Cc3cccnc3OC3CCCC3)c2c1. The summed E-state index contributed by atoms with van der Waals surface area (Å²) in [4.78, 5) is 20.9. The molecular weight excluding hydrogens is 374 g/mol. The summed E-state index contributed by atoms with van der Waals surface area (Å²) < 4.78 is 6.22. The van der Waals surface area contributed by atoms with Crippen LogP contribution in [0.25, 0.3) is 11.0 Å². The molecule has 1 fully saturated rings. The largest absolute Gasteiger partial charge is 0.474 e. The van der Waals surface area contributed by atoms with Gasteiger partial charge in [-0.05, 0) is 61.4 Å². The number of ether oxygens (including phenoxy) is 1. The molecule has 0 bridgehead atoms. The average Bonchev–Trinajstić information content (AvgIpc) is 3.41. The normalized spacial score (nSPS) is 14.4. The van der Waals surface area contributed by atoms with E-state index in [1.165, 1.54) is 18.4 Å². The first-order valence-electron chi connectivity index (χ1n) is 10.5. The molecule has 4 aromatic rings. The van der Waals surface area contributed by atoms with Crippen molar-refractivity contribution < 1.29 is 4.74 Å². The zero-order valence-electron chi connectivity index (χ0n) is 17.1. The average molecular weight is 398 g/mol. The van der Waals surface area contributed by atoms with Crippen LogP contribution < -0.4 is 4.74 Å². The number of hydrogen-bond donors (Lipinski definition) is 1. The van der Waals surface area contributed by atoms with Gasteiger partial charge >= 0.3 is 0 Å². The first-order chi connectivity index (χ1) is 14.8. The summed E-state index contributed by atoms with van der Waals surface area (Å²) >= 11 is 0. The van der Waals surface area contributed by atoms with Gasteiger partial charge in [-0.2, -0.15) is 0 Å². The highest BCUT2D eigenvalue weighted by Crippen LogP contribution is 2.27. The van der Waals surface area contributed by atoms with Crippen LogP contribution in [0.5, 0.6) is 5.88 Å². The number of aryl methyl sites for hydroxylation is 1. The van der Waals surface area contributed by atoms with Gasteiger partial charge in [0.15, 0.2) is 6.33 Å². The second-order valence-corrected chi connectivity index (χ2v) is 8.01. The fraction of sp³-hybridized carbons (Fsp3) is 0.333. The number of fused-ring (bicyclic) bond motifs is 1. The molecule has 1 saturated carbocycles. The predicted octanol–water partition coefficient (Wildman–Crippen LogP) is 4.36. The zero-order chi connectivity index (χ0) is 20.3. The molecule has 151 valence electrons. The monoisotopic (exact) mass is 398 g/mol. The Bertz CT molecular complexity index is 1160. The van der Waals surface area contributed by atoms with E-state index in [9.17, 15) is 0 Å². The van der Waals surface area contributed by atoms with Gasteiger partial charge in [0, 0.05) is 48.6 Å². The lowest BCUT2D eigenvalue weighted by molar-refractivity contribution is 0.199. The van der Waals surface area contributed by atoms with E-state index in [0.29, 0.717) is 6.42 Å². The molecule has 30 heavy (non-hydrogen) atoms. The number of H-pyrrole nitrogens is 1. The van der Waals surface area contributed by atoms with E-state index in [0.717, 1.165) is 58.6 Å². The van der Waals surface area contributed by atoms with Gasteiger partial charge in [-0.3, -0.25) is 0 Å². The van der Waals surface area contributed by atoms with Gasteiger partial charge in [-0.15, -0.1) is 0 Å². The summed E-state index contributed by atoms with van der Waals surface area (Å²) in [5.41, 5.74) is 6.31. The minimum Gasteiger partial charge on any atom is -0.474 e.